The molecule has 0 N–H and O–H groups in total. The molecule has 0 bridgehead atoms. The first-order valence-corrected chi connectivity index (χ1v) is 9.29. The Hall–Kier alpha value is -1.92. The van der Waals surface area contributed by atoms with Gasteiger partial charge in [-0.1, -0.05) is 19.9 Å². The fraction of sp³-hybridized carbons (Fsp3) is 0.600. The van der Waals surface area contributed by atoms with Crippen LogP contribution in [0.25, 0.3) is 0 Å². The van der Waals surface area contributed by atoms with E-state index in [1.165, 1.54) is 6.07 Å². The normalized spacial score (nSPS) is 11.0. The first-order valence-electron chi connectivity index (χ1n) is 9.29. The van der Waals surface area contributed by atoms with Crippen molar-refractivity contribution in [1.82, 2.24) is 9.80 Å². The predicted molar refractivity (Wildman–Crippen MR) is 103 cm³/mol. The number of hydrogen-bond donors (Lipinski definition) is 0. The number of carbonyl (C=O) groups excluding carboxylic acids is 2. The smallest absolute Gasteiger partial charge is 0.338 e. The molecule has 0 heterocycles. The van der Waals surface area contributed by atoms with E-state index in [1.807, 2.05) is 14.1 Å². The van der Waals surface area contributed by atoms with Gasteiger partial charge in [-0.25, -0.2) is 9.59 Å². The van der Waals surface area contributed by atoms with E-state index < -0.39 is 11.9 Å². The standard InChI is InChI=1S/C20H32N2O4/c1-5-21(3)12-8-14-25-19(23)17-10-7-11-18(16-17)20(24)26-15-9-13-22(4)6-2/h7,10-11,16H,5-6,8-9,12-15H2,1-4H3. The lowest BCUT2D eigenvalue weighted by molar-refractivity contribution is 0.0490. The molecule has 6 heteroatoms. The molecule has 0 radical (unpaired) electrons. The van der Waals surface area contributed by atoms with Gasteiger partial charge >= 0.3 is 11.9 Å². The van der Waals surface area contributed by atoms with Crippen LogP contribution in [0.5, 0.6) is 0 Å². The van der Waals surface area contributed by atoms with Crippen molar-refractivity contribution in [3.8, 4) is 0 Å². The van der Waals surface area contributed by atoms with Gasteiger partial charge in [0.15, 0.2) is 0 Å². The van der Waals surface area contributed by atoms with E-state index in [2.05, 4.69) is 23.6 Å². The third-order valence-corrected chi connectivity index (χ3v) is 4.25. The van der Waals surface area contributed by atoms with Gasteiger partial charge in [0, 0.05) is 13.1 Å². The van der Waals surface area contributed by atoms with E-state index in [1.54, 1.807) is 18.2 Å². The van der Waals surface area contributed by atoms with Crippen LogP contribution in [0.2, 0.25) is 0 Å². The van der Waals surface area contributed by atoms with Gasteiger partial charge < -0.3 is 19.3 Å². The first-order chi connectivity index (χ1) is 12.5. The van der Waals surface area contributed by atoms with Crippen LogP contribution in [-0.2, 0) is 9.47 Å². The molecule has 6 nitrogen and oxygen atoms in total. The van der Waals surface area contributed by atoms with E-state index in [4.69, 9.17) is 9.47 Å². The van der Waals surface area contributed by atoms with Crippen molar-refractivity contribution in [2.45, 2.75) is 26.7 Å². The molecule has 0 fully saturated rings. The van der Waals surface area contributed by atoms with Gasteiger partial charge in [0.1, 0.15) is 0 Å². The molecule has 0 amide bonds. The second-order valence-corrected chi connectivity index (χ2v) is 6.35. The molecule has 1 rings (SSSR count). The van der Waals surface area contributed by atoms with Gasteiger partial charge in [-0.3, -0.25) is 0 Å². The highest BCUT2D eigenvalue weighted by molar-refractivity contribution is 5.95. The topological polar surface area (TPSA) is 59.1 Å². The van der Waals surface area contributed by atoms with Gasteiger partial charge in [0.25, 0.3) is 0 Å². The number of nitrogens with zero attached hydrogens (tertiary/aromatic N) is 2. The maximum absolute atomic E-state index is 12.1. The van der Waals surface area contributed by atoms with Crippen LogP contribution < -0.4 is 0 Å². The van der Waals surface area contributed by atoms with Gasteiger partial charge in [0.2, 0.25) is 0 Å². The highest BCUT2D eigenvalue weighted by atomic mass is 16.5. The highest BCUT2D eigenvalue weighted by Crippen LogP contribution is 2.09. The molecule has 0 unspecified atom stereocenters. The molecular formula is C20H32N2O4. The van der Waals surface area contributed by atoms with E-state index in [0.717, 1.165) is 39.0 Å². The molecule has 0 aromatic heterocycles. The van der Waals surface area contributed by atoms with Crippen molar-refractivity contribution in [3.05, 3.63) is 35.4 Å². The lowest BCUT2D eigenvalue weighted by atomic mass is 10.1. The zero-order valence-electron chi connectivity index (χ0n) is 16.5. The fourth-order valence-electron chi connectivity index (χ4n) is 2.25. The summed E-state index contributed by atoms with van der Waals surface area (Å²) in [7, 11) is 4.05. The van der Waals surface area contributed by atoms with Crippen molar-refractivity contribution in [2.75, 3.05) is 53.5 Å². The maximum atomic E-state index is 12.1. The molecule has 26 heavy (non-hydrogen) atoms. The van der Waals surface area contributed by atoms with Crippen LogP contribution >= 0.6 is 0 Å². The maximum Gasteiger partial charge on any atom is 0.338 e. The molecule has 1 aromatic rings. The number of carbonyl (C=O) groups is 2. The number of ether oxygens (including phenoxy) is 2. The third-order valence-electron chi connectivity index (χ3n) is 4.25. The monoisotopic (exact) mass is 364 g/mol. The summed E-state index contributed by atoms with van der Waals surface area (Å²) in [6, 6.07) is 6.49. The Morgan fingerprint density at radius 3 is 1.65 bits per heavy atom. The van der Waals surface area contributed by atoms with Crippen LogP contribution in [0, 0.1) is 0 Å². The molecule has 0 aliphatic carbocycles. The van der Waals surface area contributed by atoms with Crippen LogP contribution in [0.4, 0.5) is 0 Å². The Labute approximate surface area is 157 Å². The van der Waals surface area contributed by atoms with Gasteiger partial charge in [-0.2, -0.15) is 0 Å². The fourth-order valence-corrected chi connectivity index (χ4v) is 2.25. The minimum absolute atomic E-state index is 0.364. The zero-order chi connectivity index (χ0) is 19.4. The van der Waals surface area contributed by atoms with E-state index in [9.17, 15) is 9.59 Å². The average molecular weight is 364 g/mol. The van der Waals surface area contributed by atoms with Crippen molar-refractivity contribution < 1.29 is 19.1 Å². The third kappa shape index (κ3) is 8.45. The average Bonchev–Trinajstić information content (AvgIpc) is 2.67. The molecule has 0 aliphatic heterocycles. The van der Waals surface area contributed by atoms with Crippen molar-refractivity contribution in [2.24, 2.45) is 0 Å². The zero-order valence-corrected chi connectivity index (χ0v) is 16.5. The minimum atomic E-state index is -0.414. The summed E-state index contributed by atoms with van der Waals surface area (Å²) in [6.07, 6.45) is 1.56. The van der Waals surface area contributed by atoms with Crippen molar-refractivity contribution in [1.29, 1.82) is 0 Å². The molecule has 0 aliphatic rings. The van der Waals surface area contributed by atoms with Gasteiger partial charge in [-0.15, -0.1) is 0 Å². The summed E-state index contributed by atoms with van der Waals surface area (Å²) in [6.45, 7) is 8.58. The molecule has 0 saturated heterocycles. The van der Waals surface area contributed by atoms with Crippen molar-refractivity contribution >= 4 is 11.9 Å². The van der Waals surface area contributed by atoms with Crippen LogP contribution in [0.3, 0.4) is 0 Å². The SMILES string of the molecule is CCN(C)CCCOC(=O)c1cccc(C(=O)OCCCN(C)CC)c1. The first kappa shape index (κ1) is 22.1. The molecule has 1 aromatic carbocycles. The lowest BCUT2D eigenvalue weighted by Crippen LogP contribution is -2.21. The highest BCUT2D eigenvalue weighted by Gasteiger charge is 2.12. The van der Waals surface area contributed by atoms with E-state index in [0.29, 0.717) is 24.3 Å². The summed E-state index contributed by atoms with van der Waals surface area (Å²) in [5.74, 6) is -0.827. The van der Waals surface area contributed by atoms with Crippen molar-refractivity contribution in [3.63, 3.8) is 0 Å². The van der Waals surface area contributed by atoms with E-state index in [-0.39, 0.29) is 0 Å². The Balaban J connectivity index is 2.43. The summed E-state index contributed by atoms with van der Waals surface area (Å²) in [5.41, 5.74) is 0.739. The number of esters is 2. The minimum Gasteiger partial charge on any atom is -0.462 e. The number of benzene rings is 1. The van der Waals surface area contributed by atoms with Crippen LogP contribution in [0.15, 0.2) is 24.3 Å². The Morgan fingerprint density at radius 1 is 0.846 bits per heavy atom. The molecule has 0 saturated carbocycles. The predicted octanol–water partition coefficient (Wildman–Crippen LogP) is 2.68. The van der Waals surface area contributed by atoms with Gasteiger partial charge in [-0.05, 0) is 58.2 Å². The summed E-state index contributed by atoms with van der Waals surface area (Å²) in [5, 5.41) is 0. The summed E-state index contributed by atoms with van der Waals surface area (Å²) < 4.78 is 10.5. The Bertz CT molecular complexity index is 517. The number of rotatable bonds is 12. The van der Waals surface area contributed by atoms with E-state index >= 15 is 0 Å². The largest absolute Gasteiger partial charge is 0.462 e. The lowest BCUT2D eigenvalue weighted by Gasteiger charge is -2.13. The van der Waals surface area contributed by atoms with Crippen LogP contribution in [0.1, 0.15) is 47.4 Å². The second kappa shape index (κ2) is 12.4. The quantitative estimate of drug-likeness (QED) is 0.420. The summed E-state index contributed by atoms with van der Waals surface area (Å²) in [4.78, 5) is 28.5. The van der Waals surface area contributed by atoms with Crippen LogP contribution in [-0.4, -0.2) is 75.2 Å². The molecule has 0 atom stereocenters. The number of hydrogen-bond acceptors (Lipinski definition) is 6. The molecule has 0 spiro atoms. The van der Waals surface area contributed by atoms with Gasteiger partial charge in [0.05, 0.1) is 24.3 Å². The second-order valence-electron chi connectivity index (χ2n) is 6.35. The molecular weight excluding hydrogens is 332 g/mol. The molecule has 146 valence electrons. The Morgan fingerprint density at radius 2 is 1.27 bits per heavy atom. The summed E-state index contributed by atoms with van der Waals surface area (Å²) >= 11 is 0. The Kier molecular flexibility index (Phi) is 10.6.